The monoisotopic (exact) mass is 512 g/mol. The number of para-hydroxylation sites is 1. The Morgan fingerprint density at radius 3 is 2.92 bits per heavy atom. The molecule has 192 valence electrons. The van der Waals surface area contributed by atoms with Crippen molar-refractivity contribution in [3.8, 4) is 29.2 Å². The summed E-state index contributed by atoms with van der Waals surface area (Å²) >= 11 is 1.43. The molecule has 1 unspecified atom stereocenters. The maximum absolute atomic E-state index is 13.2. The third kappa shape index (κ3) is 6.70. The summed E-state index contributed by atoms with van der Waals surface area (Å²) in [6.07, 6.45) is 4.52. The van der Waals surface area contributed by atoms with Gasteiger partial charge in [-0.3, -0.25) is 14.6 Å². The lowest BCUT2D eigenvalue weighted by molar-refractivity contribution is 0.0132. The number of H-pyrrole nitrogens is 1. The molecule has 10 heteroatoms. The van der Waals surface area contributed by atoms with Crippen molar-refractivity contribution in [2.24, 2.45) is 0 Å². The first-order valence-corrected chi connectivity index (χ1v) is 12.8. The fourth-order valence-electron chi connectivity index (χ4n) is 4.29. The van der Waals surface area contributed by atoms with Crippen LogP contribution in [0, 0.1) is 12.3 Å². The highest BCUT2D eigenvalue weighted by Crippen LogP contribution is 2.36. The van der Waals surface area contributed by atoms with Crippen LogP contribution in [0.2, 0.25) is 0 Å². The molecular formula is C26H32N4O5S. The van der Waals surface area contributed by atoms with Gasteiger partial charge in [-0.2, -0.15) is 0 Å². The number of nitrogens with one attached hydrogen (secondary N) is 1. The van der Waals surface area contributed by atoms with Gasteiger partial charge in [-0.25, -0.2) is 4.98 Å². The fourth-order valence-corrected chi connectivity index (χ4v) is 5.25. The number of thiophene rings is 1. The molecule has 0 spiro atoms. The Bertz CT molecular complexity index is 1230. The number of terminal acetylenes is 1. The molecule has 1 saturated heterocycles. The van der Waals surface area contributed by atoms with Gasteiger partial charge in [0.25, 0.3) is 5.56 Å². The average Bonchev–Trinajstić information content (AvgIpc) is 3.32. The number of ether oxygens (including phenoxy) is 3. The van der Waals surface area contributed by atoms with Crippen molar-refractivity contribution in [2.45, 2.75) is 12.6 Å². The number of aromatic nitrogens is 2. The Hall–Kier alpha value is -2.78. The first-order valence-electron chi connectivity index (χ1n) is 11.9. The summed E-state index contributed by atoms with van der Waals surface area (Å²) in [7, 11) is 1.62. The highest BCUT2D eigenvalue weighted by Gasteiger charge is 2.19. The van der Waals surface area contributed by atoms with Crippen LogP contribution in [0.1, 0.15) is 5.82 Å². The van der Waals surface area contributed by atoms with Crippen molar-refractivity contribution in [3.05, 3.63) is 45.8 Å². The minimum atomic E-state index is -0.711. The van der Waals surface area contributed by atoms with Gasteiger partial charge in [0.1, 0.15) is 23.0 Å². The summed E-state index contributed by atoms with van der Waals surface area (Å²) in [5, 5.41) is 13.0. The van der Waals surface area contributed by atoms with Gasteiger partial charge in [-0.05, 0) is 6.07 Å². The second-order valence-corrected chi connectivity index (χ2v) is 9.46. The molecule has 2 N–H and O–H groups in total. The molecule has 1 aliphatic heterocycles. The van der Waals surface area contributed by atoms with Crippen LogP contribution in [-0.2, 0) is 16.0 Å². The normalized spacial score (nSPS) is 15.3. The number of rotatable bonds is 12. The minimum Gasteiger partial charge on any atom is -0.496 e. The molecule has 3 aromatic rings. The number of fused-ring (bicyclic) bond motifs is 1. The summed E-state index contributed by atoms with van der Waals surface area (Å²) in [6.45, 7) is 5.79. The van der Waals surface area contributed by atoms with Gasteiger partial charge in [0, 0.05) is 49.2 Å². The van der Waals surface area contributed by atoms with E-state index in [9.17, 15) is 9.90 Å². The lowest BCUT2D eigenvalue weighted by Crippen LogP contribution is -2.43. The first kappa shape index (κ1) is 26.3. The second kappa shape index (κ2) is 13.0. The smallest absolute Gasteiger partial charge is 0.260 e. The summed E-state index contributed by atoms with van der Waals surface area (Å²) in [4.78, 5) is 26.0. The third-order valence-electron chi connectivity index (χ3n) is 6.06. The van der Waals surface area contributed by atoms with E-state index in [4.69, 9.17) is 25.6 Å². The molecule has 1 aromatic carbocycles. The zero-order chi connectivity index (χ0) is 25.3. The van der Waals surface area contributed by atoms with Gasteiger partial charge in [0.05, 0.1) is 45.0 Å². The number of morpholine rings is 1. The maximum Gasteiger partial charge on any atom is 0.260 e. The Labute approximate surface area is 214 Å². The summed E-state index contributed by atoms with van der Waals surface area (Å²) in [5.41, 5.74) is 1.47. The third-order valence-corrected chi connectivity index (χ3v) is 6.94. The zero-order valence-corrected chi connectivity index (χ0v) is 21.3. The van der Waals surface area contributed by atoms with E-state index in [1.165, 1.54) is 11.3 Å². The van der Waals surface area contributed by atoms with E-state index >= 15 is 0 Å². The predicted molar refractivity (Wildman–Crippen MR) is 140 cm³/mol. The van der Waals surface area contributed by atoms with Crippen molar-refractivity contribution in [3.63, 3.8) is 0 Å². The molecule has 2 aromatic heterocycles. The van der Waals surface area contributed by atoms with Crippen LogP contribution in [0.25, 0.3) is 21.3 Å². The standard InChI is InChI=1S/C26H32N4O5S/c1-3-12-35-17-19(31)15-30(9-8-29-10-13-34-14-11-29)16-23-27-25(32)24-21(18-36-26(24)28-23)20-6-4-5-7-22(20)33-2/h1,4-7,18-19,31H,8-17H2,2H3,(H,27,28,32). The molecular weight excluding hydrogens is 480 g/mol. The molecule has 3 heterocycles. The van der Waals surface area contributed by atoms with Crippen LogP contribution in [0.3, 0.4) is 0 Å². The number of nitrogens with zero attached hydrogens (tertiary/aromatic N) is 3. The van der Waals surface area contributed by atoms with E-state index in [0.29, 0.717) is 41.4 Å². The van der Waals surface area contributed by atoms with Crippen molar-refractivity contribution in [1.82, 2.24) is 19.8 Å². The Balaban J connectivity index is 1.53. The average molecular weight is 513 g/mol. The molecule has 0 amide bonds. The van der Waals surface area contributed by atoms with Crippen LogP contribution >= 0.6 is 11.3 Å². The lowest BCUT2D eigenvalue weighted by Gasteiger charge is -2.30. The first-order chi connectivity index (χ1) is 17.6. The van der Waals surface area contributed by atoms with E-state index in [-0.39, 0.29) is 18.8 Å². The Morgan fingerprint density at radius 2 is 2.14 bits per heavy atom. The van der Waals surface area contributed by atoms with Crippen LogP contribution in [0.5, 0.6) is 5.75 Å². The van der Waals surface area contributed by atoms with Gasteiger partial charge in [-0.1, -0.05) is 24.1 Å². The van der Waals surface area contributed by atoms with Crippen molar-refractivity contribution in [1.29, 1.82) is 0 Å². The molecule has 9 nitrogen and oxygen atoms in total. The van der Waals surface area contributed by atoms with E-state index in [2.05, 4.69) is 20.7 Å². The fraction of sp³-hybridized carbons (Fsp3) is 0.462. The maximum atomic E-state index is 13.2. The highest BCUT2D eigenvalue weighted by atomic mass is 32.1. The zero-order valence-electron chi connectivity index (χ0n) is 20.4. The number of methoxy groups -OCH3 is 1. The van der Waals surface area contributed by atoms with E-state index in [1.54, 1.807) is 7.11 Å². The number of hydrogen-bond acceptors (Lipinski definition) is 9. The summed E-state index contributed by atoms with van der Waals surface area (Å²) in [6, 6.07) is 7.63. The van der Waals surface area contributed by atoms with Crippen molar-refractivity contribution in [2.75, 3.05) is 66.3 Å². The summed E-state index contributed by atoms with van der Waals surface area (Å²) in [5.74, 6) is 3.67. The lowest BCUT2D eigenvalue weighted by atomic mass is 10.1. The second-order valence-electron chi connectivity index (χ2n) is 8.60. The van der Waals surface area contributed by atoms with E-state index in [0.717, 1.165) is 44.0 Å². The van der Waals surface area contributed by atoms with Gasteiger partial charge >= 0.3 is 0 Å². The molecule has 0 saturated carbocycles. The van der Waals surface area contributed by atoms with Gasteiger partial charge < -0.3 is 24.3 Å². The molecule has 0 radical (unpaired) electrons. The molecule has 36 heavy (non-hydrogen) atoms. The molecule has 0 aliphatic carbocycles. The summed E-state index contributed by atoms with van der Waals surface area (Å²) < 4.78 is 16.2. The van der Waals surface area contributed by atoms with Gasteiger partial charge in [-0.15, -0.1) is 17.8 Å². The number of aromatic amines is 1. The number of aliphatic hydroxyl groups excluding tert-OH is 1. The largest absolute Gasteiger partial charge is 0.496 e. The molecule has 0 bridgehead atoms. The van der Waals surface area contributed by atoms with Crippen LogP contribution < -0.4 is 10.3 Å². The number of benzene rings is 1. The van der Waals surface area contributed by atoms with Gasteiger partial charge in [0.2, 0.25) is 0 Å². The molecule has 1 atom stereocenters. The minimum absolute atomic E-state index is 0.147. The topological polar surface area (TPSA) is 100 Å². The van der Waals surface area contributed by atoms with Crippen molar-refractivity contribution < 1.29 is 19.3 Å². The van der Waals surface area contributed by atoms with Crippen LogP contribution in [0.15, 0.2) is 34.4 Å². The SMILES string of the molecule is C#CCOCC(O)CN(CCN1CCOCC1)Cc1nc2scc(-c3ccccc3OC)c2c(=O)[nH]1. The number of hydrogen-bond donors (Lipinski definition) is 2. The van der Waals surface area contributed by atoms with E-state index in [1.807, 2.05) is 29.6 Å². The number of aliphatic hydroxyl groups is 1. The Kier molecular flexibility index (Phi) is 9.47. The van der Waals surface area contributed by atoms with Crippen LogP contribution in [-0.4, -0.2) is 97.2 Å². The van der Waals surface area contributed by atoms with E-state index < -0.39 is 6.10 Å². The molecule has 1 fully saturated rings. The highest BCUT2D eigenvalue weighted by molar-refractivity contribution is 7.17. The van der Waals surface area contributed by atoms with Gasteiger partial charge in [0.15, 0.2) is 0 Å². The molecule has 4 rings (SSSR count). The quantitative estimate of drug-likeness (QED) is 0.280. The molecule has 1 aliphatic rings. The predicted octanol–water partition coefficient (Wildman–Crippen LogP) is 1.81. The Morgan fingerprint density at radius 1 is 1.33 bits per heavy atom. The van der Waals surface area contributed by atoms with Crippen molar-refractivity contribution >= 4 is 21.6 Å². The van der Waals surface area contributed by atoms with Crippen LogP contribution in [0.4, 0.5) is 0 Å².